The standard InChI is InChI=1S/C33H46N2O9/c1-6-35-15-30(16-44-28(38)18-9-7-8-10-21(18)34-17(2)36)12-11-23(42-4)32-20-13-19-22(41-3)14-31(39,24(20)25(19)37)33(40,29(32)35)27(43-5)26(30)32/h7-10,19-20,22-27,29,37,39-40H,6,11-16H2,1-5H3,(H,34,36)/t19-,20-,22+,23+,24-,25+,26-,27+,29-,30+,31-,32-,33-/m1/s1. The van der Waals surface area contributed by atoms with Gasteiger partial charge >= 0.3 is 5.97 Å². The van der Waals surface area contributed by atoms with Crippen LogP contribution < -0.4 is 5.32 Å². The fourth-order valence-corrected chi connectivity index (χ4v) is 12.0. The third-order valence-electron chi connectivity index (χ3n) is 13.0. The zero-order chi connectivity index (χ0) is 31.4. The maximum Gasteiger partial charge on any atom is 0.340 e. The monoisotopic (exact) mass is 614 g/mol. The Kier molecular flexibility index (Phi) is 7.07. The molecule has 4 N–H and O–H groups in total. The van der Waals surface area contributed by atoms with E-state index in [-0.39, 0.29) is 48.4 Å². The summed E-state index contributed by atoms with van der Waals surface area (Å²) in [7, 11) is 4.91. The summed E-state index contributed by atoms with van der Waals surface area (Å²) in [6.45, 7) is 4.67. The van der Waals surface area contributed by atoms with E-state index >= 15 is 0 Å². The number of amides is 1. The molecule has 1 saturated heterocycles. The number of carbonyl (C=O) groups is 2. The fraction of sp³-hybridized carbons (Fsp3) is 0.758. The zero-order valence-corrected chi connectivity index (χ0v) is 26.2. The molecule has 0 radical (unpaired) electrons. The third kappa shape index (κ3) is 3.47. The second kappa shape index (κ2) is 10.2. The maximum absolute atomic E-state index is 13.6. The van der Waals surface area contributed by atoms with Gasteiger partial charge in [0.1, 0.15) is 11.2 Å². The van der Waals surface area contributed by atoms with Crippen LogP contribution >= 0.6 is 0 Å². The molecular weight excluding hydrogens is 568 g/mol. The highest BCUT2D eigenvalue weighted by atomic mass is 16.5. The van der Waals surface area contributed by atoms with Crippen LogP contribution in [0.5, 0.6) is 0 Å². The van der Waals surface area contributed by atoms with Crippen LogP contribution in [0, 0.1) is 34.5 Å². The molecule has 0 unspecified atom stereocenters. The molecule has 1 heterocycles. The summed E-state index contributed by atoms with van der Waals surface area (Å²) in [6, 6.07) is 6.30. The topological polar surface area (TPSA) is 147 Å². The predicted octanol–water partition coefficient (Wildman–Crippen LogP) is 1.44. The summed E-state index contributed by atoms with van der Waals surface area (Å²) in [4.78, 5) is 27.7. The predicted molar refractivity (Wildman–Crippen MR) is 158 cm³/mol. The Morgan fingerprint density at radius 2 is 1.86 bits per heavy atom. The van der Waals surface area contributed by atoms with Crippen molar-refractivity contribution in [1.82, 2.24) is 4.90 Å². The number of nitrogens with zero attached hydrogens (tertiary/aromatic N) is 1. The number of anilines is 1. The number of rotatable bonds is 8. The minimum atomic E-state index is -1.73. The number of likely N-dealkylation sites (N-methyl/N-ethyl adjacent to an activating group) is 1. The van der Waals surface area contributed by atoms with E-state index < -0.39 is 58.3 Å². The Morgan fingerprint density at radius 1 is 1.11 bits per heavy atom. The van der Waals surface area contributed by atoms with Gasteiger partial charge in [-0.3, -0.25) is 9.69 Å². The van der Waals surface area contributed by atoms with E-state index in [9.17, 15) is 24.9 Å². The number of aliphatic hydroxyl groups is 3. The number of aliphatic hydroxyl groups excluding tert-OH is 1. The van der Waals surface area contributed by atoms with Crippen LogP contribution in [-0.2, 0) is 23.7 Å². The first-order valence-electron chi connectivity index (χ1n) is 16.0. The highest BCUT2D eigenvalue weighted by Gasteiger charge is 2.91. The summed E-state index contributed by atoms with van der Waals surface area (Å²) in [5.41, 5.74) is -4.04. The summed E-state index contributed by atoms with van der Waals surface area (Å²) < 4.78 is 24.7. The van der Waals surface area contributed by atoms with Crippen LogP contribution in [0.3, 0.4) is 0 Å². The molecule has 1 aromatic carbocycles. The largest absolute Gasteiger partial charge is 0.461 e. The molecule has 5 saturated carbocycles. The molecule has 242 valence electrons. The summed E-state index contributed by atoms with van der Waals surface area (Å²) >= 11 is 0. The highest BCUT2D eigenvalue weighted by molar-refractivity contribution is 6.00. The smallest absolute Gasteiger partial charge is 0.340 e. The van der Waals surface area contributed by atoms with Gasteiger partial charge in [0.2, 0.25) is 5.91 Å². The Balaban J connectivity index is 1.36. The molecule has 1 amide bonds. The Labute approximate surface area is 258 Å². The number of ether oxygens (including phenoxy) is 4. The highest BCUT2D eigenvalue weighted by Crippen LogP contribution is 2.80. The van der Waals surface area contributed by atoms with Crippen LogP contribution in [0.25, 0.3) is 0 Å². The number of esters is 1. The number of carbonyl (C=O) groups excluding carboxylic acids is 2. The van der Waals surface area contributed by atoms with Crippen molar-refractivity contribution in [1.29, 1.82) is 0 Å². The van der Waals surface area contributed by atoms with Gasteiger partial charge in [0.05, 0.1) is 48.3 Å². The maximum atomic E-state index is 13.6. The van der Waals surface area contributed by atoms with Gasteiger partial charge in [0, 0.05) is 69.8 Å². The van der Waals surface area contributed by atoms with Crippen molar-refractivity contribution in [2.45, 2.75) is 81.2 Å². The van der Waals surface area contributed by atoms with Crippen LogP contribution in [0.2, 0.25) is 0 Å². The van der Waals surface area contributed by atoms with Gasteiger partial charge < -0.3 is 39.6 Å². The molecule has 5 aliphatic carbocycles. The van der Waals surface area contributed by atoms with Crippen molar-refractivity contribution in [3.8, 4) is 0 Å². The van der Waals surface area contributed by atoms with Crippen LogP contribution in [0.1, 0.15) is 49.9 Å². The first-order valence-corrected chi connectivity index (χ1v) is 16.0. The van der Waals surface area contributed by atoms with Gasteiger partial charge in [-0.15, -0.1) is 0 Å². The molecule has 0 aromatic heterocycles. The summed E-state index contributed by atoms with van der Waals surface area (Å²) in [5.74, 6) is -2.05. The normalized spacial score (nSPS) is 48.2. The Morgan fingerprint density at radius 3 is 2.52 bits per heavy atom. The van der Waals surface area contributed by atoms with Gasteiger partial charge in [-0.1, -0.05) is 19.1 Å². The number of hydrogen-bond donors (Lipinski definition) is 4. The number of likely N-dealkylation sites (tertiary alicyclic amines) is 1. The van der Waals surface area contributed by atoms with Gasteiger partial charge in [-0.25, -0.2) is 4.79 Å². The van der Waals surface area contributed by atoms with E-state index in [1.54, 1.807) is 45.6 Å². The lowest BCUT2D eigenvalue weighted by atomic mass is 9.42. The van der Waals surface area contributed by atoms with E-state index in [2.05, 4.69) is 17.1 Å². The number of benzene rings is 1. The molecule has 13 atom stereocenters. The second-order valence-electron chi connectivity index (χ2n) is 14.3. The molecule has 6 aliphatic rings. The van der Waals surface area contributed by atoms with Crippen molar-refractivity contribution in [2.75, 3.05) is 46.3 Å². The molecule has 11 heteroatoms. The lowest BCUT2D eigenvalue weighted by molar-refractivity contribution is -0.318. The third-order valence-corrected chi connectivity index (χ3v) is 13.0. The first kappa shape index (κ1) is 30.5. The van der Waals surface area contributed by atoms with E-state index in [0.717, 1.165) is 0 Å². The van der Waals surface area contributed by atoms with E-state index in [0.29, 0.717) is 38.0 Å². The first-order chi connectivity index (χ1) is 21.0. The van der Waals surface area contributed by atoms with E-state index in [1.807, 2.05) is 0 Å². The van der Waals surface area contributed by atoms with Crippen molar-refractivity contribution < 1.29 is 43.9 Å². The lowest BCUT2D eigenvalue weighted by Crippen LogP contribution is -2.82. The molecule has 6 fully saturated rings. The molecular formula is C33H46N2O9. The van der Waals surface area contributed by atoms with E-state index in [1.165, 1.54) is 6.92 Å². The van der Waals surface area contributed by atoms with E-state index in [4.69, 9.17) is 18.9 Å². The average molecular weight is 615 g/mol. The van der Waals surface area contributed by atoms with Gasteiger partial charge in [0.25, 0.3) is 0 Å². The summed E-state index contributed by atoms with van der Waals surface area (Å²) in [6.07, 6.45) is -0.0977. The molecule has 11 nitrogen and oxygen atoms in total. The lowest BCUT2D eigenvalue weighted by Gasteiger charge is -2.70. The molecule has 44 heavy (non-hydrogen) atoms. The van der Waals surface area contributed by atoms with Gasteiger partial charge in [0.15, 0.2) is 0 Å². The number of methoxy groups -OCH3 is 3. The minimum absolute atomic E-state index is 0.0742. The van der Waals surface area contributed by atoms with Crippen LogP contribution in [0.15, 0.2) is 24.3 Å². The van der Waals surface area contributed by atoms with Crippen molar-refractivity contribution in [3.63, 3.8) is 0 Å². The molecule has 7 bridgehead atoms. The molecule has 1 aromatic rings. The van der Waals surface area contributed by atoms with Crippen molar-refractivity contribution in [3.05, 3.63) is 29.8 Å². The van der Waals surface area contributed by atoms with Crippen LogP contribution in [0.4, 0.5) is 5.69 Å². The molecule has 1 spiro atoms. The van der Waals surface area contributed by atoms with Gasteiger partial charge in [-0.05, 0) is 43.9 Å². The summed E-state index contributed by atoms with van der Waals surface area (Å²) in [5, 5.41) is 40.6. The minimum Gasteiger partial charge on any atom is -0.461 e. The number of hydrogen-bond acceptors (Lipinski definition) is 10. The Hall–Kier alpha value is -2.12. The number of nitrogens with one attached hydrogen (secondary N) is 1. The SMILES string of the molecule is CCN1C[C@]2(COC(=O)c3ccccc3NC(C)=O)CC[C@H](OC)[C@@]34[C@@H]5C[C@H]6[C@H](O)[C@@H]5[C@](O)(C[C@@H]6OC)[C@](O)([C@H]13)[C@@H](OC)[C@H]24. The molecule has 1 aliphatic heterocycles. The average Bonchev–Trinajstić information content (AvgIpc) is 3.37. The number of piperidine rings is 1. The number of fused-ring (bicyclic) bond motifs is 2. The quantitative estimate of drug-likeness (QED) is 0.317. The fourth-order valence-electron chi connectivity index (χ4n) is 12.0. The van der Waals surface area contributed by atoms with Gasteiger partial charge in [-0.2, -0.15) is 0 Å². The van der Waals surface area contributed by atoms with Crippen molar-refractivity contribution in [2.24, 2.45) is 34.5 Å². The molecule has 7 rings (SSSR count). The van der Waals surface area contributed by atoms with Crippen molar-refractivity contribution >= 4 is 17.6 Å². The second-order valence-corrected chi connectivity index (χ2v) is 14.3. The number of para-hydroxylation sites is 1. The Bertz CT molecular complexity index is 1340. The zero-order valence-electron chi connectivity index (χ0n) is 26.2. The van der Waals surface area contributed by atoms with Crippen LogP contribution in [-0.4, -0.2) is 115 Å².